The van der Waals surface area contributed by atoms with Gasteiger partial charge in [-0.1, -0.05) is 0 Å². The third kappa shape index (κ3) is 5.12. The topological polar surface area (TPSA) is 80.0 Å². The number of hydrogen-bond acceptors (Lipinski definition) is 6. The number of rotatable bonds is 5. The van der Waals surface area contributed by atoms with E-state index in [9.17, 15) is 17.6 Å². The highest BCUT2D eigenvalue weighted by atomic mass is 35.5. The van der Waals surface area contributed by atoms with Crippen molar-refractivity contribution in [2.45, 2.75) is 31.6 Å². The van der Waals surface area contributed by atoms with Crippen molar-refractivity contribution in [3.05, 3.63) is 46.9 Å². The fourth-order valence-electron chi connectivity index (χ4n) is 3.73. The van der Waals surface area contributed by atoms with Crippen molar-refractivity contribution in [2.75, 3.05) is 35.6 Å². The summed E-state index contributed by atoms with van der Waals surface area (Å²) in [5, 5.41) is 3.82. The number of hydrogen-bond donors (Lipinski definition) is 2. The second-order valence-electron chi connectivity index (χ2n) is 7.70. The fourth-order valence-corrected chi connectivity index (χ4v) is 3.90. The lowest BCUT2D eigenvalue weighted by Gasteiger charge is -2.29. The van der Waals surface area contributed by atoms with Crippen molar-refractivity contribution in [2.24, 2.45) is 0 Å². The highest BCUT2D eigenvalue weighted by Gasteiger charge is 2.31. The lowest BCUT2D eigenvalue weighted by molar-refractivity contribution is -0.137. The van der Waals surface area contributed by atoms with Crippen molar-refractivity contribution in [1.82, 2.24) is 15.0 Å². The average molecular weight is 469 g/mol. The van der Waals surface area contributed by atoms with Crippen LogP contribution in [0.15, 0.2) is 30.5 Å². The van der Waals surface area contributed by atoms with Gasteiger partial charge in [-0.15, -0.1) is 0 Å². The maximum atomic E-state index is 13.5. The molecule has 1 saturated heterocycles. The Morgan fingerprint density at radius 1 is 1.12 bits per heavy atom. The minimum atomic E-state index is -4.46. The molecule has 170 valence electrons. The van der Waals surface area contributed by atoms with Crippen LogP contribution in [0.25, 0.3) is 10.9 Å². The number of nitrogens with two attached hydrogens (primary N) is 1. The Bertz CT molecular complexity index is 1120. The van der Waals surface area contributed by atoms with E-state index < -0.39 is 17.9 Å². The van der Waals surface area contributed by atoms with E-state index in [1.165, 1.54) is 6.07 Å². The van der Waals surface area contributed by atoms with E-state index in [4.69, 9.17) is 17.3 Å². The highest BCUT2D eigenvalue weighted by Crippen LogP contribution is 2.32. The molecule has 0 aliphatic carbocycles. The number of fused-ring (bicyclic) bond motifs is 1. The third-order valence-corrected chi connectivity index (χ3v) is 5.51. The quantitative estimate of drug-likeness (QED) is 0.316. The van der Waals surface area contributed by atoms with Crippen molar-refractivity contribution in [3.8, 4) is 0 Å². The molecule has 0 radical (unpaired) electrons. The molecule has 0 spiro atoms. The molecule has 1 aliphatic rings. The van der Waals surface area contributed by atoms with E-state index in [1.807, 2.05) is 11.0 Å². The van der Waals surface area contributed by atoms with Gasteiger partial charge in [0, 0.05) is 30.7 Å². The van der Waals surface area contributed by atoms with E-state index in [-0.39, 0.29) is 11.0 Å². The molecule has 1 aromatic carbocycles. The predicted molar refractivity (Wildman–Crippen MR) is 117 cm³/mol. The Kier molecular flexibility index (Phi) is 6.23. The maximum Gasteiger partial charge on any atom is 0.416 e. The number of nitrogens with zero attached hydrogens (tertiary/aromatic N) is 4. The first-order valence-corrected chi connectivity index (χ1v) is 10.5. The number of pyridine rings is 1. The van der Waals surface area contributed by atoms with E-state index in [2.05, 4.69) is 20.3 Å². The summed E-state index contributed by atoms with van der Waals surface area (Å²) in [6.45, 7) is 1.43. The van der Waals surface area contributed by atoms with Gasteiger partial charge >= 0.3 is 6.18 Å². The van der Waals surface area contributed by atoms with Crippen LogP contribution < -0.4 is 16.0 Å². The zero-order chi connectivity index (χ0) is 22.9. The van der Waals surface area contributed by atoms with Gasteiger partial charge < -0.3 is 16.0 Å². The number of aromatic nitrogens is 3. The lowest BCUT2D eigenvalue weighted by Crippen LogP contribution is -2.34. The summed E-state index contributed by atoms with van der Waals surface area (Å²) in [7, 11) is 0. The standard InChI is InChI=1S/C21H21ClF4N6/c22-20-30-17-11-29-18(32-5-2-14(23)3-6-32)10-16(17)19(31-20)28-4-1-12-7-13(21(24,25)26)9-15(27)8-12/h7-11,14H,1-6,27H2,(H,28,30,31). The Morgan fingerprint density at radius 3 is 2.59 bits per heavy atom. The molecular weight excluding hydrogens is 448 g/mol. The molecule has 3 N–H and O–H groups in total. The summed E-state index contributed by atoms with van der Waals surface area (Å²) in [6.07, 6.45) is -2.49. The van der Waals surface area contributed by atoms with Gasteiger partial charge in [0.15, 0.2) is 0 Å². The summed E-state index contributed by atoms with van der Waals surface area (Å²) in [5.74, 6) is 1.13. The first kappa shape index (κ1) is 22.3. The number of nitrogens with one attached hydrogen (secondary N) is 1. The summed E-state index contributed by atoms with van der Waals surface area (Å²) in [6, 6.07) is 5.32. The first-order chi connectivity index (χ1) is 15.2. The number of piperidine rings is 1. The normalized spacial score (nSPS) is 15.3. The summed E-state index contributed by atoms with van der Waals surface area (Å²) >= 11 is 6.03. The van der Waals surface area contributed by atoms with Gasteiger partial charge in [0.25, 0.3) is 0 Å². The van der Waals surface area contributed by atoms with Gasteiger partial charge in [-0.25, -0.2) is 19.3 Å². The van der Waals surface area contributed by atoms with Gasteiger partial charge in [-0.05, 0) is 60.7 Å². The van der Waals surface area contributed by atoms with Crippen molar-refractivity contribution >= 4 is 39.8 Å². The van der Waals surface area contributed by atoms with Crippen LogP contribution in [0.2, 0.25) is 5.28 Å². The van der Waals surface area contributed by atoms with Gasteiger partial charge in [0.2, 0.25) is 5.28 Å². The molecule has 1 fully saturated rings. The van der Waals surface area contributed by atoms with E-state index in [0.717, 1.165) is 12.1 Å². The second-order valence-corrected chi connectivity index (χ2v) is 8.04. The molecule has 1 aliphatic heterocycles. The molecule has 2 aromatic heterocycles. The molecule has 0 saturated carbocycles. The number of alkyl halides is 4. The molecule has 11 heteroatoms. The molecule has 6 nitrogen and oxygen atoms in total. The van der Waals surface area contributed by atoms with Crippen LogP contribution in [0.5, 0.6) is 0 Å². The zero-order valence-corrected chi connectivity index (χ0v) is 17.7. The molecule has 0 amide bonds. The van der Waals surface area contributed by atoms with E-state index in [0.29, 0.717) is 67.0 Å². The van der Waals surface area contributed by atoms with E-state index in [1.54, 1.807) is 6.20 Å². The van der Waals surface area contributed by atoms with Crippen LogP contribution >= 0.6 is 11.6 Å². The van der Waals surface area contributed by atoms with Gasteiger partial charge in [0.1, 0.15) is 17.8 Å². The smallest absolute Gasteiger partial charge is 0.399 e. The van der Waals surface area contributed by atoms with Crippen LogP contribution in [0.3, 0.4) is 0 Å². The summed E-state index contributed by atoms with van der Waals surface area (Å²) < 4.78 is 52.6. The Morgan fingerprint density at radius 2 is 1.88 bits per heavy atom. The number of halogens is 5. The lowest BCUT2D eigenvalue weighted by atomic mass is 10.1. The minimum absolute atomic E-state index is 0.0242. The van der Waals surface area contributed by atoms with Gasteiger partial charge in [-0.2, -0.15) is 13.2 Å². The fraction of sp³-hybridized carbons (Fsp3) is 0.381. The van der Waals surface area contributed by atoms with Crippen LogP contribution in [0.1, 0.15) is 24.0 Å². The van der Waals surface area contributed by atoms with Crippen LogP contribution in [-0.2, 0) is 12.6 Å². The third-order valence-electron chi connectivity index (χ3n) is 5.34. The van der Waals surface area contributed by atoms with Gasteiger partial charge in [-0.3, -0.25) is 0 Å². The molecule has 0 atom stereocenters. The first-order valence-electron chi connectivity index (χ1n) is 10.1. The minimum Gasteiger partial charge on any atom is -0.399 e. The second kappa shape index (κ2) is 8.93. The number of nitrogen functional groups attached to an aromatic ring is 1. The Labute approximate surface area is 186 Å². The van der Waals surface area contributed by atoms with Crippen molar-refractivity contribution < 1.29 is 17.6 Å². The Balaban J connectivity index is 1.54. The monoisotopic (exact) mass is 468 g/mol. The molecular formula is C21H21ClF4N6. The average Bonchev–Trinajstić information content (AvgIpc) is 2.73. The van der Waals surface area contributed by atoms with Crippen molar-refractivity contribution in [1.29, 1.82) is 0 Å². The van der Waals surface area contributed by atoms with Crippen molar-refractivity contribution in [3.63, 3.8) is 0 Å². The summed E-state index contributed by atoms with van der Waals surface area (Å²) in [4.78, 5) is 14.8. The number of anilines is 3. The Hall–Kier alpha value is -2.88. The van der Waals surface area contributed by atoms with Crippen LogP contribution in [0, 0.1) is 0 Å². The molecule has 3 heterocycles. The van der Waals surface area contributed by atoms with E-state index >= 15 is 0 Å². The largest absolute Gasteiger partial charge is 0.416 e. The number of benzene rings is 1. The molecule has 3 aromatic rings. The molecule has 0 unspecified atom stereocenters. The molecule has 32 heavy (non-hydrogen) atoms. The van der Waals surface area contributed by atoms with Crippen LogP contribution in [-0.4, -0.2) is 40.8 Å². The SMILES string of the molecule is Nc1cc(CCNc2nc(Cl)nc3cnc(N4CCC(F)CC4)cc23)cc(C(F)(F)F)c1. The van der Waals surface area contributed by atoms with Crippen LogP contribution in [0.4, 0.5) is 34.9 Å². The predicted octanol–water partition coefficient (Wildman–Crippen LogP) is 4.87. The van der Waals surface area contributed by atoms with Gasteiger partial charge in [0.05, 0.1) is 17.3 Å². The zero-order valence-electron chi connectivity index (χ0n) is 17.0. The maximum absolute atomic E-state index is 13.5. The molecule has 4 rings (SSSR count). The highest BCUT2D eigenvalue weighted by molar-refractivity contribution is 6.28. The summed E-state index contributed by atoms with van der Waals surface area (Å²) in [5.41, 5.74) is 5.89. The molecule has 0 bridgehead atoms.